The summed E-state index contributed by atoms with van der Waals surface area (Å²) in [4.78, 5) is 0. The highest BCUT2D eigenvalue weighted by atomic mass is 32.2. The third-order valence-electron chi connectivity index (χ3n) is 3.82. The summed E-state index contributed by atoms with van der Waals surface area (Å²) in [5.74, 6) is 0.546. The molecule has 2 fully saturated rings. The van der Waals surface area contributed by atoms with Crippen LogP contribution in [0.1, 0.15) is 39.0 Å². The molecule has 0 aliphatic heterocycles. The van der Waals surface area contributed by atoms with Crippen LogP contribution in [-0.2, 0) is 10.2 Å². The van der Waals surface area contributed by atoms with Gasteiger partial charge in [0.15, 0.2) is 0 Å². The van der Waals surface area contributed by atoms with Crippen molar-refractivity contribution in [3.8, 4) is 0 Å². The molecule has 0 radical (unpaired) electrons. The van der Waals surface area contributed by atoms with Crippen molar-refractivity contribution in [2.24, 2.45) is 5.92 Å². The number of nitrogens with zero attached hydrogens (tertiary/aromatic N) is 1. The molecule has 2 N–H and O–H groups in total. The lowest BCUT2D eigenvalue weighted by molar-refractivity contribution is 0.442. The second-order valence-corrected chi connectivity index (χ2v) is 7.35. The number of hydrogen-bond donors (Lipinski definition) is 2. The third-order valence-corrected chi connectivity index (χ3v) is 5.42. The van der Waals surface area contributed by atoms with Gasteiger partial charge in [0.25, 0.3) is 10.2 Å². The number of hydrogen-bond acceptors (Lipinski definition) is 3. The van der Waals surface area contributed by atoms with Gasteiger partial charge < -0.3 is 5.32 Å². The van der Waals surface area contributed by atoms with Gasteiger partial charge in [0, 0.05) is 25.7 Å². The van der Waals surface area contributed by atoms with Crippen LogP contribution in [0.15, 0.2) is 0 Å². The van der Waals surface area contributed by atoms with Gasteiger partial charge in [0.2, 0.25) is 0 Å². The smallest absolute Gasteiger partial charge is 0.279 e. The Kier molecular flexibility index (Phi) is 4.64. The van der Waals surface area contributed by atoms with Crippen molar-refractivity contribution < 1.29 is 8.42 Å². The lowest BCUT2D eigenvalue weighted by Crippen LogP contribution is -2.40. The highest BCUT2D eigenvalue weighted by molar-refractivity contribution is 7.87. The van der Waals surface area contributed by atoms with Crippen LogP contribution in [-0.4, -0.2) is 44.9 Å². The Bertz CT molecular complexity index is 368. The molecule has 2 rings (SSSR count). The van der Waals surface area contributed by atoms with Gasteiger partial charge in [0.1, 0.15) is 0 Å². The summed E-state index contributed by atoms with van der Waals surface area (Å²) in [6.07, 6.45) is 5.47. The molecule has 0 aromatic rings. The van der Waals surface area contributed by atoms with E-state index in [0.29, 0.717) is 18.5 Å². The average Bonchev–Trinajstić information content (AvgIpc) is 3.19. The number of nitrogens with one attached hydrogen (secondary N) is 2. The first kappa shape index (κ1) is 14.2. The van der Waals surface area contributed by atoms with Crippen molar-refractivity contribution in [1.82, 2.24) is 14.3 Å². The van der Waals surface area contributed by atoms with Crippen LogP contribution in [0.2, 0.25) is 0 Å². The molecule has 2 aliphatic carbocycles. The molecule has 106 valence electrons. The van der Waals surface area contributed by atoms with E-state index in [1.54, 1.807) is 7.05 Å². The van der Waals surface area contributed by atoms with E-state index in [-0.39, 0.29) is 6.04 Å². The van der Waals surface area contributed by atoms with Crippen molar-refractivity contribution in [2.75, 3.05) is 20.1 Å². The molecular weight excluding hydrogens is 250 g/mol. The lowest BCUT2D eigenvalue weighted by atomic mass is 10.3. The maximum atomic E-state index is 12.0. The summed E-state index contributed by atoms with van der Waals surface area (Å²) < 4.78 is 28.2. The van der Waals surface area contributed by atoms with Crippen molar-refractivity contribution in [3.05, 3.63) is 0 Å². The minimum atomic E-state index is -3.27. The van der Waals surface area contributed by atoms with Crippen LogP contribution in [0.25, 0.3) is 0 Å². The maximum Gasteiger partial charge on any atom is 0.279 e. The second-order valence-electron chi connectivity index (χ2n) is 5.54. The zero-order valence-electron chi connectivity index (χ0n) is 11.4. The topological polar surface area (TPSA) is 61.4 Å². The molecule has 2 aliphatic rings. The minimum Gasteiger partial charge on any atom is -0.314 e. The van der Waals surface area contributed by atoms with Crippen LogP contribution in [0.3, 0.4) is 0 Å². The van der Waals surface area contributed by atoms with Crippen LogP contribution in [0.5, 0.6) is 0 Å². The van der Waals surface area contributed by atoms with E-state index >= 15 is 0 Å². The SMILES string of the molecule is CCC1CC1NS(=O)(=O)N(C)CCCNC1CC1. The summed E-state index contributed by atoms with van der Waals surface area (Å²) in [6, 6.07) is 0.869. The standard InChI is InChI=1S/C12H25N3O2S/c1-3-10-9-12(10)14-18(16,17)15(2)8-4-7-13-11-5-6-11/h10-14H,3-9H2,1-2H3. The summed E-state index contributed by atoms with van der Waals surface area (Å²) in [5, 5.41) is 3.39. The summed E-state index contributed by atoms with van der Waals surface area (Å²) in [5.41, 5.74) is 0. The van der Waals surface area contributed by atoms with Crippen LogP contribution in [0, 0.1) is 5.92 Å². The zero-order chi connectivity index (χ0) is 13.2. The Morgan fingerprint density at radius 1 is 1.33 bits per heavy atom. The van der Waals surface area contributed by atoms with E-state index in [0.717, 1.165) is 25.8 Å². The van der Waals surface area contributed by atoms with Crippen LogP contribution >= 0.6 is 0 Å². The van der Waals surface area contributed by atoms with E-state index in [1.165, 1.54) is 17.1 Å². The van der Waals surface area contributed by atoms with Gasteiger partial charge >= 0.3 is 0 Å². The first-order chi connectivity index (χ1) is 8.53. The summed E-state index contributed by atoms with van der Waals surface area (Å²) in [6.45, 7) is 3.59. The van der Waals surface area contributed by atoms with E-state index in [9.17, 15) is 8.42 Å². The normalized spacial score (nSPS) is 27.7. The molecule has 0 bridgehead atoms. The predicted octanol–water partition coefficient (Wildman–Crippen LogP) is 0.693. The van der Waals surface area contributed by atoms with Gasteiger partial charge in [-0.05, 0) is 38.1 Å². The monoisotopic (exact) mass is 275 g/mol. The fourth-order valence-corrected chi connectivity index (χ4v) is 3.36. The third kappa shape index (κ3) is 4.19. The van der Waals surface area contributed by atoms with Crippen molar-refractivity contribution >= 4 is 10.2 Å². The summed E-state index contributed by atoms with van der Waals surface area (Å²) in [7, 11) is -1.61. The fourth-order valence-electron chi connectivity index (χ4n) is 2.14. The fraction of sp³-hybridized carbons (Fsp3) is 1.00. The van der Waals surface area contributed by atoms with Gasteiger partial charge in [-0.25, -0.2) is 0 Å². The van der Waals surface area contributed by atoms with Gasteiger partial charge in [-0.2, -0.15) is 17.4 Å². The van der Waals surface area contributed by atoms with Crippen molar-refractivity contribution in [3.63, 3.8) is 0 Å². The van der Waals surface area contributed by atoms with E-state index in [1.807, 2.05) is 0 Å². The molecule has 0 heterocycles. The molecule has 2 atom stereocenters. The Balaban J connectivity index is 1.64. The van der Waals surface area contributed by atoms with Crippen molar-refractivity contribution in [2.45, 2.75) is 51.1 Å². The highest BCUT2D eigenvalue weighted by Crippen LogP contribution is 2.33. The first-order valence-electron chi connectivity index (χ1n) is 7.00. The van der Waals surface area contributed by atoms with Crippen LogP contribution < -0.4 is 10.0 Å². The minimum absolute atomic E-state index is 0.173. The zero-order valence-corrected chi connectivity index (χ0v) is 12.2. The van der Waals surface area contributed by atoms with Gasteiger partial charge in [-0.3, -0.25) is 0 Å². The summed E-state index contributed by atoms with van der Waals surface area (Å²) >= 11 is 0. The first-order valence-corrected chi connectivity index (χ1v) is 8.44. The van der Waals surface area contributed by atoms with Crippen LogP contribution in [0.4, 0.5) is 0 Å². The average molecular weight is 275 g/mol. The van der Waals surface area contributed by atoms with E-state index in [2.05, 4.69) is 17.0 Å². The maximum absolute atomic E-state index is 12.0. The van der Waals surface area contributed by atoms with Gasteiger partial charge in [0.05, 0.1) is 0 Å². The molecule has 0 amide bonds. The van der Waals surface area contributed by atoms with Gasteiger partial charge in [-0.1, -0.05) is 13.3 Å². The van der Waals surface area contributed by atoms with Gasteiger partial charge in [-0.15, -0.1) is 0 Å². The molecule has 18 heavy (non-hydrogen) atoms. The molecule has 0 spiro atoms. The quantitative estimate of drug-likeness (QED) is 0.609. The Morgan fingerprint density at radius 2 is 2.06 bits per heavy atom. The molecule has 2 unspecified atom stereocenters. The molecule has 5 nitrogen and oxygen atoms in total. The van der Waals surface area contributed by atoms with Crippen molar-refractivity contribution in [1.29, 1.82) is 0 Å². The number of rotatable bonds is 9. The molecular formula is C12H25N3O2S. The molecule has 0 aromatic carbocycles. The molecule has 0 aromatic heterocycles. The largest absolute Gasteiger partial charge is 0.314 e. The molecule has 0 saturated heterocycles. The Hall–Kier alpha value is -0.170. The Morgan fingerprint density at radius 3 is 2.61 bits per heavy atom. The second kappa shape index (κ2) is 5.86. The van der Waals surface area contributed by atoms with E-state index in [4.69, 9.17) is 0 Å². The predicted molar refractivity (Wildman–Crippen MR) is 72.5 cm³/mol. The highest BCUT2D eigenvalue weighted by Gasteiger charge is 2.39. The van der Waals surface area contributed by atoms with E-state index < -0.39 is 10.2 Å². The Labute approximate surface area is 110 Å². The lowest BCUT2D eigenvalue weighted by Gasteiger charge is -2.17. The molecule has 2 saturated carbocycles. The molecule has 6 heteroatoms.